The molecule has 4 heteroatoms. The topological polar surface area (TPSA) is 32.8 Å². The SMILES string of the molecule is CCOc1ccccc1N1CCN(C(=O)c2ccc3c4c(cccc24)CC3)CC1. The first-order valence-electron chi connectivity index (χ1n) is 10.6. The second-order valence-electron chi connectivity index (χ2n) is 7.79. The maximum atomic E-state index is 13.4. The third-order valence-corrected chi connectivity index (χ3v) is 6.18. The average Bonchev–Trinajstić information content (AvgIpc) is 3.19. The molecule has 0 aromatic heterocycles. The van der Waals surface area contributed by atoms with E-state index in [9.17, 15) is 4.79 Å². The largest absolute Gasteiger partial charge is 0.492 e. The Morgan fingerprint density at radius 1 is 0.897 bits per heavy atom. The second kappa shape index (κ2) is 7.43. The lowest BCUT2D eigenvalue weighted by molar-refractivity contribution is 0.0748. The van der Waals surface area contributed by atoms with Gasteiger partial charge in [0.15, 0.2) is 0 Å². The zero-order chi connectivity index (χ0) is 19.8. The van der Waals surface area contributed by atoms with Gasteiger partial charge >= 0.3 is 0 Å². The van der Waals surface area contributed by atoms with Crippen LogP contribution in [0.5, 0.6) is 5.75 Å². The highest BCUT2D eigenvalue weighted by Gasteiger charge is 2.26. The minimum absolute atomic E-state index is 0.151. The van der Waals surface area contributed by atoms with Crippen molar-refractivity contribution in [3.63, 3.8) is 0 Å². The smallest absolute Gasteiger partial charge is 0.254 e. The summed E-state index contributed by atoms with van der Waals surface area (Å²) >= 11 is 0. The number of anilines is 1. The number of benzene rings is 3. The molecule has 148 valence electrons. The van der Waals surface area contributed by atoms with Crippen LogP contribution in [0.3, 0.4) is 0 Å². The fourth-order valence-electron chi connectivity index (χ4n) is 4.75. The second-order valence-corrected chi connectivity index (χ2v) is 7.79. The number of rotatable bonds is 4. The van der Waals surface area contributed by atoms with Gasteiger partial charge in [-0.2, -0.15) is 0 Å². The van der Waals surface area contributed by atoms with E-state index in [0.717, 1.165) is 61.4 Å². The van der Waals surface area contributed by atoms with Crippen molar-refractivity contribution in [2.24, 2.45) is 0 Å². The van der Waals surface area contributed by atoms with Crippen LogP contribution in [0.4, 0.5) is 5.69 Å². The fraction of sp³-hybridized carbons (Fsp3) is 0.320. The van der Waals surface area contributed by atoms with Gasteiger partial charge in [-0.1, -0.05) is 36.4 Å². The number of amides is 1. The first-order chi connectivity index (χ1) is 14.3. The van der Waals surface area contributed by atoms with Crippen LogP contribution in [0.25, 0.3) is 10.8 Å². The molecule has 5 rings (SSSR count). The third-order valence-electron chi connectivity index (χ3n) is 6.18. The molecular weight excluding hydrogens is 360 g/mol. The molecule has 0 unspecified atom stereocenters. The molecule has 0 atom stereocenters. The van der Waals surface area contributed by atoms with Crippen molar-refractivity contribution in [3.05, 3.63) is 71.3 Å². The molecule has 0 spiro atoms. The molecule has 0 bridgehead atoms. The van der Waals surface area contributed by atoms with Gasteiger partial charge in [-0.05, 0) is 59.9 Å². The van der Waals surface area contributed by atoms with Crippen LogP contribution in [-0.2, 0) is 12.8 Å². The van der Waals surface area contributed by atoms with E-state index >= 15 is 0 Å². The minimum atomic E-state index is 0.151. The molecule has 3 aromatic rings. The fourth-order valence-corrected chi connectivity index (χ4v) is 4.75. The Morgan fingerprint density at radius 2 is 1.66 bits per heavy atom. The van der Waals surface area contributed by atoms with Crippen LogP contribution in [0.15, 0.2) is 54.6 Å². The summed E-state index contributed by atoms with van der Waals surface area (Å²) in [7, 11) is 0. The summed E-state index contributed by atoms with van der Waals surface area (Å²) in [6.45, 7) is 5.74. The van der Waals surface area contributed by atoms with Gasteiger partial charge in [0.1, 0.15) is 5.75 Å². The summed E-state index contributed by atoms with van der Waals surface area (Å²) in [5.74, 6) is 1.07. The van der Waals surface area contributed by atoms with E-state index in [0.29, 0.717) is 6.61 Å². The van der Waals surface area contributed by atoms with Gasteiger partial charge < -0.3 is 14.5 Å². The Hall–Kier alpha value is -3.01. The molecular formula is C25H26N2O2. The number of carbonyl (C=O) groups excluding carboxylic acids is 1. The predicted octanol–water partition coefficient (Wildman–Crippen LogP) is 4.30. The summed E-state index contributed by atoms with van der Waals surface area (Å²) in [6, 6.07) is 18.7. The molecule has 1 aliphatic heterocycles. The van der Waals surface area contributed by atoms with Crippen LogP contribution in [-0.4, -0.2) is 43.6 Å². The van der Waals surface area contributed by atoms with E-state index in [4.69, 9.17) is 4.74 Å². The Bertz CT molecular complexity index is 1060. The van der Waals surface area contributed by atoms with Crippen LogP contribution in [0, 0.1) is 0 Å². The lowest BCUT2D eigenvalue weighted by Crippen LogP contribution is -2.49. The zero-order valence-corrected chi connectivity index (χ0v) is 16.9. The van der Waals surface area contributed by atoms with Crippen molar-refractivity contribution in [2.75, 3.05) is 37.7 Å². The van der Waals surface area contributed by atoms with E-state index < -0.39 is 0 Å². The Labute approximate surface area is 171 Å². The Morgan fingerprint density at radius 3 is 2.45 bits per heavy atom. The highest BCUT2D eigenvalue weighted by molar-refractivity contribution is 6.09. The summed E-state index contributed by atoms with van der Waals surface area (Å²) in [5, 5.41) is 2.43. The van der Waals surface area contributed by atoms with Gasteiger partial charge in [0.05, 0.1) is 12.3 Å². The van der Waals surface area contributed by atoms with Crippen molar-refractivity contribution in [1.29, 1.82) is 0 Å². The summed E-state index contributed by atoms with van der Waals surface area (Å²) in [5.41, 5.74) is 4.72. The molecule has 1 aliphatic carbocycles. The lowest BCUT2D eigenvalue weighted by Gasteiger charge is -2.37. The minimum Gasteiger partial charge on any atom is -0.492 e. The van der Waals surface area contributed by atoms with Gasteiger partial charge in [-0.15, -0.1) is 0 Å². The van der Waals surface area contributed by atoms with E-state index in [1.807, 2.05) is 36.1 Å². The van der Waals surface area contributed by atoms with Gasteiger partial charge in [0.25, 0.3) is 5.91 Å². The van der Waals surface area contributed by atoms with Crippen molar-refractivity contribution < 1.29 is 9.53 Å². The molecule has 1 fully saturated rings. The number of hydrogen-bond acceptors (Lipinski definition) is 3. The summed E-state index contributed by atoms with van der Waals surface area (Å²) < 4.78 is 5.79. The monoisotopic (exact) mass is 386 g/mol. The predicted molar refractivity (Wildman–Crippen MR) is 117 cm³/mol. The van der Waals surface area contributed by atoms with Crippen LogP contribution in [0.1, 0.15) is 28.4 Å². The van der Waals surface area contributed by atoms with Crippen molar-refractivity contribution in [1.82, 2.24) is 4.90 Å². The van der Waals surface area contributed by atoms with Gasteiger partial charge in [-0.3, -0.25) is 4.79 Å². The maximum Gasteiger partial charge on any atom is 0.254 e. The first kappa shape index (κ1) is 18.0. The third kappa shape index (κ3) is 3.13. The molecule has 1 heterocycles. The van der Waals surface area contributed by atoms with Crippen LogP contribution in [0.2, 0.25) is 0 Å². The van der Waals surface area contributed by atoms with Gasteiger partial charge in [0.2, 0.25) is 0 Å². The Balaban J connectivity index is 1.36. The Kier molecular flexibility index (Phi) is 4.62. The number of piperazine rings is 1. The highest BCUT2D eigenvalue weighted by Crippen LogP contribution is 2.34. The average molecular weight is 386 g/mol. The quantitative estimate of drug-likeness (QED) is 0.670. The number of ether oxygens (including phenoxy) is 1. The zero-order valence-electron chi connectivity index (χ0n) is 16.9. The molecule has 0 radical (unpaired) electrons. The van der Waals surface area contributed by atoms with Crippen molar-refractivity contribution in [2.45, 2.75) is 19.8 Å². The van der Waals surface area contributed by atoms with E-state index in [2.05, 4.69) is 35.2 Å². The van der Waals surface area contributed by atoms with Crippen molar-refractivity contribution >= 4 is 22.4 Å². The standard InChI is InChI=1S/C25H26N2O2/c1-2-29-23-9-4-3-8-22(23)26-14-16-27(17-15-26)25(28)21-13-12-19-11-10-18-6-5-7-20(21)24(18)19/h3-9,12-13H,2,10-11,14-17H2,1H3. The molecule has 0 saturated carbocycles. The molecule has 1 saturated heterocycles. The molecule has 1 amide bonds. The molecule has 2 aliphatic rings. The van der Waals surface area contributed by atoms with E-state index in [1.165, 1.54) is 16.5 Å². The number of nitrogens with zero attached hydrogens (tertiary/aromatic N) is 2. The van der Waals surface area contributed by atoms with Crippen LogP contribution >= 0.6 is 0 Å². The summed E-state index contributed by atoms with van der Waals surface area (Å²) in [4.78, 5) is 17.7. The van der Waals surface area contributed by atoms with Crippen LogP contribution < -0.4 is 9.64 Å². The normalized spacial score (nSPS) is 15.8. The van der Waals surface area contributed by atoms with E-state index in [-0.39, 0.29) is 5.91 Å². The maximum absolute atomic E-state index is 13.4. The van der Waals surface area contributed by atoms with Gasteiger partial charge in [-0.25, -0.2) is 0 Å². The molecule has 0 N–H and O–H groups in total. The lowest BCUT2D eigenvalue weighted by atomic mass is 9.99. The highest BCUT2D eigenvalue weighted by atomic mass is 16.5. The number of aryl methyl sites for hydroxylation is 2. The summed E-state index contributed by atoms with van der Waals surface area (Å²) in [6.07, 6.45) is 2.17. The molecule has 3 aromatic carbocycles. The number of hydrogen-bond donors (Lipinski definition) is 0. The first-order valence-corrected chi connectivity index (χ1v) is 10.6. The number of para-hydroxylation sites is 2. The number of carbonyl (C=O) groups is 1. The van der Waals surface area contributed by atoms with Crippen molar-refractivity contribution in [3.8, 4) is 5.75 Å². The van der Waals surface area contributed by atoms with E-state index in [1.54, 1.807) is 0 Å². The van der Waals surface area contributed by atoms with Gasteiger partial charge in [0, 0.05) is 31.7 Å². The molecule has 29 heavy (non-hydrogen) atoms. The molecule has 4 nitrogen and oxygen atoms in total.